The summed E-state index contributed by atoms with van der Waals surface area (Å²) in [5, 5.41) is 13.2. The van der Waals surface area contributed by atoms with E-state index >= 15 is 0 Å². The molecule has 0 aliphatic carbocycles. The quantitative estimate of drug-likeness (QED) is 0.304. The van der Waals surface area contributed by atoms with E-state index in [2.05, 4.69) is 15.6 Å². The molecule has 0 saturated heterocycles. The summed E-state index contributed by atoms with van der Waals surface area (Å²) in [6.07, 6.45) is 0. The lowest BCUT2D eigenvalue weighted by Crippen LogP contribution is -2.42. The zero-order valence-corrected chi connectivity index (χ0v) is 21.0. The molecule has 1 atom stereocenters. The van der Waals surface area contributed by atoms with Gasteiger partial charge in [-0.25, -0.2) is 4.68 Å². The Morgan fingerprint density at radius 2 is 1.73 bits per heavy atom. The summed E-state index contributed by atoms with van der Waals surface area (Å²) >= 11 is 1.43. The number of para-hydroxylation sites is 1. The maximum atomic E-state index is 13.9. The molecule has 0 unspecified atom stereocenters. The van der Waals surface area contributed by atoms with E-state index < -0.39 is 6.04 Å². The average molecular weight is 512 g/mol. The molecule has 0 fully saturated rings. The number of nitrogens with one attached hydrogen (secondary N) is 1. The molecule has 0 bridgehead atoms. The first-order valence-corrected chi connectivity index (χ1v) is 12.6. The summed E-state index contributed by atoms with van der Waals surface area (Å²) in [6.45, 7) is 0.204. The highest BCUT2D eigenvalue weighted by Crippen LogP contribution is 2.29. The zero-order valence-electron chi connectivity index (χ0n) is 20.2. The topological polar surface area (TPSA) is 89.4 Å². The third kappa shape index (κ3) is 5.52. The molecule has 0 spiro atoms. The van der Waals surface area contributed by atoms with E-state index in [0.717, 1.165) is 16.0 Å². The number of methoxy groups -OCH3 is 1. The number of aromatic nitrogens is 3. The summed E-state index contributed by atoms with van der Waals surface area (Å²) in [7, 11) is 1.59. The van der Waals surface area contributed by atoms with E-state index in [4.69, 9.17) is 4.74 Å². The summed E-state index contributed by atoms with van der Waals surface area (Å²) in [5.74, 6) is 0.136. The first kappa shape index (κ1) is 24.2. The summed E-state index contributed by atoms with van der Waals surface area (Å²) in [5.41, 5.74) is 2.99. The molecule has 8 nitrogen and oxygen atoms in total. The first-order valence-electron chi connectivity index (χ1n) is 11.7. The van der Waals surface area contributed by atoms with Gasteiger partial charge in [0, 0.05) is 17.1 Å². The van der Waals surface area contributed by atoms with Crippen LogP contribution in [-0.4, -0.2) is 38.8 Å². The number of carbonyl (C=O) groups excluding carboxylic acids is 2. The van der Waals surface area contributed by atoms with E-state index in [-0.39, 0.29) is 24.9 Å². The van der Waals surface area contributed by atoms with Gasteiger partial charge in [-0.05, 0) is 53.4 Å². The van der Waals surface area contributed by atoms with E-state index in [9.17, 15) is 9.59 Å². The number of hydrogen-bond donors (Lipinski definition) is 1. The third-order valence-corrected chi connectivity index (χ3v) is 6.88. The second-order valence-corrected chi connectivity index (χ2v) is 9.36. The number of hydrogen-bond acceptors (Lipinski definition) is 6. The van der Waals surface area contributed by atoms with Crippen molar-refractivity contribution in [1.29, 1.82) is 0 Å². The van der Waals surface area contributed by atoms with Crippen molar-refractivity contribution >= 4 is 39.9 Å². The van der Waals surface area contributed by atoms with Gasteiger partial charge < -0.3 is 15.0 Å². The predicted octanol–water partition coefficient (Wildman–Crippen LogP) is 4.91. The van der Waals surface area contributed by atoms with Gasteiger partial charge >= 0.3 is 0 Å². The van der Waals surface area contributed by atoms with Crippen LogP contribution in [0, 0.1) is 0 Å². The van der Waals surface area contributed by atoms with Crippen molar-refractivity contribution < 1.29 is 14.3 Å². The van der Waals surface area contributed by atoms with Crippen molar-refractivity contribution in [1.82, 2.24) is 19.9 Å². The Morgan fingerprint density at radius 1 is 0.973 bits per heavy atom. The van der Waals surface area contributed by atoms with E-state index in [1.165, 1.54) is 11.3 Å². The van der Waals surface area contributed by atoms with Crippen LogP contribution in [0.4, 0.5) is 5.69 Å². The molecule has 37 heavy (non-hydrogen) atoms. The fourth-order valence-electron chi connectivity index (χ4n) is 4.11. The lowest BCUT2D eigenvalue weighted by molar-refractivity contribution is -0.140. The highest BCUT2D eigenvalue weighted by Gasteiger charge is 2.33. The number of rotatable bonds is 9. The molecule has 2 heterocycles. The van der Waals surface area contributed by atoms with Gasteiger partial charge in [0.25, 0.3) is 5.91 Å². The normalized spacial score (nSPS) is 11.7. The number of anilines is 1. The fourth-order valence-corrected chi connectivity index (χ4v) is 4.95. The van der Waals surface area contributed by atoms with Crippen LogP contribution in [0.2, 0.25) is 0 Å². The number of ether oxygens (including phenoxy) is 1. The van der Waals surface area contributed by atoms with Gasteiger partial charge in [-0.2, -0.15) is 0 Å². The molecule has 2 aromatic heterocycles. The van der Waals surface area contributed by atoms with Gasteiger partial charge in [0.05, 0.1) is 12.6 Å². The minimum Gasteiger partial charge on any atom is -0.497 e. The fraction of sp³-hybridized carbons (Fsp3) is 0.143. The van der Waals surface area contributed by atoms with Crippen molar-refractivity contribution in [3.05, 3.63) is 107 Å². The summed E-state index contributed by atoms with van der Waals surface area (Å²) < 4.78 is 6.79. The molecular formula is C28H25N5O3S. The van der Waals surface area contributed by atoms with Crippen LogP contribution in [0.5, 0.6) is 5.75 Å². The third-order valence-electron chi connectivity index (χ3n) is 5.95. The van der Waals surface area contributed by atoms with Crippen LogP contribution in [0.1, 0.15) is 16.5 Å². The smallest absolute Gasteiger partial charge is 0.252 e. The molecule has 3 aromatic carbocycles. The molecule has 5 aromatic rings. The lowest BCUT2D eigenvalue weighted by Gasteiger charge is -2.30. The highest BCUT2D eigenvalue weighted by atomic mass is 32.1. The Hall–Kier alpha value is -4.50. The molecule has 186 valence electrons. The van der Waals surface area contributed by atoms with Gasteiger partial charge in [0.15, 0.2) is 0 Å². The second kappa shape index (κ2) is 11.0. The van der Waals surface area contributed by atoms with Crippen molar-refractivity contribution in [2.45, 2.75) is 19.1 Å². The predicted molar refractivity (Wildman–Crippen MR) is 143 cm³/mol. The van der Waals surface area contributed by atoms with Gasteiger partial charge in [-0.15, -0.1) is 16.4 Å². The molecule has 0 aliphatic rings. The van der Waals surface area contributed by atoms with E-state index in [1.807, 2.05) is 72.1 Å². The monoisotopic (exact) mass is 511 g/mol. The second-order valence-electron chi connectivity index (χ2n) is 8.38. The van der Waals surface area contributed by atoms with Crippen molar-refractivity contribution in [3.8, 4) is 5.75 Å². The minimum atomic E-state index is -0.843. The molecule has 1 N–H and O–H groups in total. The number of carbonyl (C=O) groups is 2. The Bertz CT molecular complexity index is 1480. The standard InChI is InChI=1S/C28H25N5O3S/c1-36-22-15-13-21(14-16-22)29-28(35)27(25-12-7-17-37-25)32(18-20-8-3-2-4-9-20)26(34)19-33-24-11-6-5-10-23(24)30-31-33/h2-17,27H,18-19H2,1H3,(H,29,35)/t27-/m1/s1. The number of nitrogens with zero attached hydrogens (tertiary/aromatic N) is 4. The Kier molecular flexibility index (Phi) is 7.23. The minimum absolute atomic E-state index is 0.0506. The van der Waals surface area contributed by atoms with Crippen molar-refractivity contribution in [3.63, 3.8) is 0 Å². The number of thiophene rings is 1. The zero-order chi connectivity index (χ0) is 25.6. The lowest BCUT2D eigenvalue weighted by atomic mass is 10.1. The maximum absolute atomic E-state index is 13.9. The highest BCUT2D eigenvalue weighted by molar-refractivity contribution is 7.10. The molecule has 2 amide bonds. The van der Waals surface area contributed by atoms with E-state index in [0.29, 0.717) is 17.0 Å². The Balaban J connectivity index is 1.49. The van der Waals surface area contributed by atoms with E-state index in [1.54, 1.807) is 41.0 Å². The van der Waals surface area contributed by atoms with Crippen LogP contribution >= 0.6 is 11.3 Å². The Morgan fingerprint density at radius 3 is 2.46 bits per heavy atom. The number of amides is 2. The van der Waals surface area contributed by atoms with Gasteiger partial charge in [-0.1, -0.05) is 53.7 Å². The SMILES string of the molecule is COc1ccc(NC(=O)[C@@H](c2cccs2)N(Cc2ccccc2)C(=O)Cn2nnc3ccccc32)cc1. The first-order chi connectivity index (χ1) is 18.1. The van der Waals surface area contributed by atoms with Gasteiger partial charge in [-0.3, -0.25) is 9.59 Å². The Labute approximate surface area is 218 Å². The van der Waals surface area contributed by atoms with Crippen LogP contribution in [-0.2, 0) is 22.7 Å². The van der Waals surface area contributed by atoms with Crippen LogP contribution in [0.25, 0.3) is 11.0 Å². The van der Waals surface area contributed by atoms with Crippen LogP contribution in [0.3, 0.4) is 0 Å². The van der Waals surface area contributed by atoms with Gasteiger partial charge in [0.2, 0.25) is 5.91 Å². The summed E-state index contributed by atoms with van der Waals surface area (Å²) in [4.78, 5) is 30.0. The average Bonchev–Trinajstić information content (AvgIpc) is 3.60. The molecule has 9 heteroatoms. The van der Waals surface area contributed by atoms with Gasteiger partial charge in [0.1, 0.15) is 23.9 Å². The maximum Gasteiger partial charge on any atom is 0.252 e. The van der Waals surface area contributed by atoms with Crippen LogP contribution < -0.4 is 10.1 Å². The largest absolute Gasteiger partial charge is 0.497 e. The molecule has 5 rings (SSSR count). The van der Waals surface area contributed by atoms with Crippen molar-refractivity contribution in [2.24, 2.45) is 0 Å². The number of benzene rings is 3. The molecule has 0 radical (unpaired) electrons. The number of fused-ring (bicyclic) bond motifs is 1. The summed E-state index contributed by atoms with van der Waals surface area (Å²) in [6, 6.07) is 27.1. The molecule has 0 saturated carbocycles. The molecular weight excluding hydrogens is 486 g/mol. The van der Waals surface area contributed by atoms with Crippen LogP contribution in [0.15, 0.2) is 96.4 Å². The molecule has 0 aliphatic heterocycles. The van der Waals surface area contributed by atoms with Crippen molar-refractivity contribution in [2.75, 3.05) is 12.4 Å².